The number of alkyl halides is 3. The summed E-state index contributed by atoms with van der Waals surface area (Å²) in [5.41, 5.74) is 5.31. The molecule has 0 unspecified atom stereocenters. The molecule has 0 saturated carbocycles. The molecule has 10 nitrogen and oxygen atoms in total. The Morgan fingerprint density at radius 3 is 2.40 bits per heavy atom. The van der Waals surface area contributed by atoms with Crippen LogP contribution in [0.15, 0.2) is 71.9 Å². The molecule has 3 amide bonds. The van der Waals surface area contributed by atoms with E-state index in [0.717, 1.165) is 6.07 Å². The van der Waals surface area contributed by atoms with Crippen LogP contribution in [0.25, 0.3) is 0 Å². The number of hydrogen-bond donors (Lipinski definition) is 4. The van der Waals surface area contributed by atoms with Crippen LogP contribution in [0, 0.1) is 0 Å². The number of amides is 3. The van der Waals surface area contributed by atoms with Crippen LogP contribution in [-0.4, -0.2) is 48.0 Å². The van der Waals surface area contributed by atoms with Crippen LogP contribution in [0.1, 0.15) is 44.8 Å². The fraction of sp³-hybridized carbons (Fsp3) is 0.259. The monoisotopic (exact) mass is 556 g/mol. The van der Waals surface area contributed by atoms with Gasteiger partial charge in [-0.25, -0.2) is 4.79 Å². The lowest BCUT2D eigenvalue weighted by atomic mass is 10.0. The molecule has 1 saturated heterocycles. The van der Waals surface area contributed by atoms with Crippen molar-refractivity contribution < 1.29 is 32.3 Å². The summed E-state index contributed by atoms with van der Waals surface area (Å²) in [7, 11) is 0. The number of carbonyl (C=O) groups is 3. The number of aromatic nitrogens is 1. The van der Waals surface area contributed by atoms with Crippen LogP contribution in [0.5, 0.6) is 0 Å². The number of aliphatic imine (C=N–C) groups is 1. The third kappa shape index (κ3) is 7.40. The summed E-state index contributed by atoms with van der Waals surface area (Å²) in [5, 5.41) is 4.98. The van der Waals surface area contributed by atoms with Crippen molar-refractivity contribution >= 4 is 29.6 Å². The van der Waals surface area contributed by atoms with Gasteiger partial charge in [0.15, 0.2) is 0 Å². The van der Waals surface area contributed by atoms with E-state index in [9.17, 15) is 27.6 Å². The minimum Gasteiger partial charge on any atom is -0.443 e. The van der Waals surface area contributed by atoms with Crippen molar-refractivity contribution in [3.8, 4) is 0 Å². The quantitative estimate of drug-likeness (QED) is 0.269. The zero-order valence-corrected chi connectivity index (χ0v) is 21.2. The molecule has 5 N–H and O–H groups in total. The summed E-state index contributed by atoms with van der Waals surface area (Å²) in [6.07, 6.45) is -3.30. The number of nitrogens with two attached hydrogens (primary N) is 1. The smallest absolute Gasteiger partial charge is 0.437 e. The third-order valence-corrected chi connectivity index (χ3v) is 6.24. The Morgan fingerprint density at radius 2 is 1.75 bits per heavy atom. The molecule has 40 heavy (non-hydrogen) atoms. The molecule has 1 aliphatic heterocycles. The number of aromatic amines is 1. The van der Waals surface area contributed by atoms with E-state index in [1.165, 1.54) is 12.1 Å². The Kier molecular flexibility index (Phi) is 8.72. The van der Waals surface area contributed by atoms with Crippen molar-refractivity contribution in [1.82, 2.24) is 15.6 Å². The van der Waals surface area contributed by atoms with Gasteiger partial charge in [-0.2, -0.15) is 13.2 Å². The highest BCUT2D eigenvalue weighted by Crippen LogP contribution is 2.38. The van der Waals surface area contributed by atoms with Gasteiger partial charge in [0.2, 0.25) is 5.96 Å². The van der Waals surface area contributed by atoms with Gasteiger partial charge in [-0.15, -0.1) is 4.99 Å². The van der Waals surface area contributed by atoms with Gasteiger partial charge in [0.25, 0.3) is 11.8 Å². The average Bonchev–Trinajstić information content (AvgIpc) is 3.47. The van der Waals surface area contributed by atoms with Crippen molar-refractivity contribution in [3.05, 3.63) is 89.2 Å². The normalized spacial score (nSPS) is 14.5. The molecule has 3 aromatic rings. The number of nitrogens with one attached hydrogen (secondary N) is 3. The molecule has 0 bridgehead atoms. The molecule has 0 atom stereocenters. The van der Waals surface area contributed by atoms with E-state index in [-0.39, 0.29) is 42.9 Å². The highest BCUT2D eigenvalue weighted by Gasteiger charge is 2.36. The molecule has 4 rings (SSSR count). The van der Waals surface area contributed by atoms with Crippen LogP contribution in [0.3, 0.4) is 0 Å². The number of H-pyrrole nitrogens is 1. The molecule has 1 aliphatic rings. The summed E-state index contributed by atoms with van der Waals surface area (Å²) >= 11 is 0. The zero-order chi connectivity index (χ0) is 28.7. The van der Waals surface area contributed by atoms with Crippen molar-refractivity contribution in [2.45, 2.75) is 31.7 Å². The number of anilines is 1. The number of ether oxygens (including phenoxy) is 1. The molecule has 0 spiro atoms. The maximum Gasteiger partial charge on any atom is 0.437 e. The van der Waals surface area contributed by atoms with E-state index >= 15 is 0 Å². The van der Waals surface area contributed by atoms with E-state index in [4.69, 9.17) is 10.5 Å². The summed E-state index contributed by atoms with van der Waals surface area (Å²) in [6, 6.07) is 15.1. The lowest BCUT2D eigenvalue weighted by Gasteiger charge is -2.35. The van der Waals surface area contributed by atoms with E-state index in [0.29, 0.717) is 24.1 Å². The van der Waals surface area contributed by atoms with Crippen molar-refractivity contribution in [2.75, 3.05) is 18.0 Å². The SMILES string of the molecule is N/C(=N/C(=O)OCc1ccccc1)NC(=O)c1ccc(N2CCC(NC(=O)c3ccc[nH]3)CC2)c(C(F)(F)F)c1. The Balaban J connectivity index is 1.38. The summed E-state index contributed by atoms with van der Waals surface area (Å²) in [4.78, 5) is 44.5. The first kappa shape index (κ1) is 28.2. The highest BCUT2D eigenvalue weighted by molar-refractivity contribution is 6.07. The van der Waals surface area contributed by atoms with Gasteiger partial charge in [0, 0.05) is 36.6 Å². The number of guanidine groups is 1. The number of carbonyl (C=O) groups excluding carboxylic acids is 3. The third-order valence-electron chi connectivity index (χ3n) is 6.24. The second-order valence-electron chi connectivity index (χ2n) is 9.04. The van der Waals surface area contributed by atoms with Crippen LogP contribution >= 0.6 is 0 Å². The summed E-state index contributed by atoms with van der Waals surface area (Å²) in [5.74, 6) is -1.87. The fourth-order valence-corrected chi connectivity index (χ4v) is 4.25. The first-order valence-electron chi connectivity index (χ1n) is 12.4. The molecule has 2 aromatic carbocycles. The van der Waals surface area contributed by atoms with E-state index in [2.05, 4.69) is 20.6 Å². The number of halogens is 3. The molecule has 1 aromatic heterocycles. The largest absolute Gasteiger partial charge is 0.443 e. The number of rotatable bonds is 6. The first-order valence-corrected chi connectivity index (χ1v) is 12.4. The molecule has 13 heteroatoms. The molecular weight excluding hydrogens is 529 g/mol. The molecule has 2 heterocycles. The predicted octanol–water partition coefficient (Wildman–Crippen LogP) is 3.81. The van der Waals surface area contributed by atoms with Gasteiger partial charge < -0.3 is 25.7 Å². The Morgan fingerprint density at radius 1 is 1.02 bits per heavy atom. The Labute approximate surface area is 227 Å². The van der Waals surface area contributed by atoms with Gasteiger partial charge in [-0.05, 0) is 48.7 Å². The topological polar surface area (TPSA) is 142 Å². The van der Waals surface area contributed by atoms with Crippen molar-refractivity contribution in [3.63, 3.8) is 0 Å². The van der Waals surface area contributed by atoms with Gasteiger partial charge in [-0.3, -0.25) is 14.9 Å². The zero-order valence-electron chi connectivity index (χ0n) is 21.2. The van der Waals surface area contributed by atoms with Gasteiger partial charge in [0.1, 0.15) is 12.3 Å². The minimum atomic E-state index is -4.74. The Hall–Kier alpha value is -4.81. The van der Waals surface area contributed by atoms with Crippen LogP contribution in [-0.2, 0) is 17.5 Å². The number of piperidine rings is 1. The van der Waals surface area contributed by atoms with Gasteiger partial charge in [0.05, 0.1) is 5.56 Å². The first-order chi connectivity index (χ1) is 19.1. The maximum absolute atomic E-state index is 14.0. The summed E-state index contributed by atoms with van der Waals surface area (Å²) < 4.78 is 46.9. The van der Waals surface area contributed by atoms with Crippen LogP contribution in [0.4, 0.5) is 23.7 Å². The second-order valence-corrected chi connectivity index (χ2v) is 9.04. The van der Waals surface area contributed by atoms with E-state index in [1.807, 2.05) is 0 Å². The molecule has 210 valence electrons. The number of benzene rings is 2. The predicted molar refractivity (Wildman–Crippen MR) is 141 cm³/mol. The van der Waals surface area contributed by atoms with Crippen molar-refractivity contribution in [2.24, 2.45) is 10.7 Å². The maximum atomic E-state index is 14.0. The summed E-state index contributed by atoms with van der Waals surface area (Å²) in [6.45, 7) is 0.473. The molecular formula is C27H27F3N6O4. The molecule has 0 aliphatic carbocycles. The average molecular weight is 557 g/mol. The standard InChI is InChI=1S/C27H27F3N6O4/c28-27(29,30)20-15-18(23(37)34-25(31)35-26(39)40-16-17-5-2-1-3-6-17)8-9-22(20)36-13-10-19(11-14-36)33-24(38)21-7-4-12-32-21/h1-9,12,15,19,32H,10-11,13-14,16H2,(H,33,38)(H3,31,34,35,37,39). The number of nitrogens with zero attached hydrogens (tertiary/aromatic N) is 2. The van der Waals surface area contributed by atoms with Crippen LogP contribution in [0.2, 0.25) is 0 Å². The van der Waals surface area contributed by atoms with Crippen LogP contribution < -0.4 is 21.3 Å². The number of hydrogen-bond acceptors (Lipinski definition) is 5. The lowest BCUT2D eigenvalue weighted by molar-refractivity contribution is -0.137. The van der Waals surface area contributed by atoms with E-state index < -0.39 is 29.7 Å². The lowest BCUT2D eigenvalue weighted by Crippen LogP contribution is -2.45. The highest BCUT2D eigenvalue weighted by atomic mass is 19.4. The molecule has 0 radical (unpaired) electrons. The van der Waals surface area contributed by atoms with Gasteiger partial charge in [-0.1, -0.05) is 30.3 Å². The second kappa shape index (κ2) is 12.4. The minimum absolute atomic E-state index is 0.0722. The fourth-order valence-electron chi connectivity index (χ4n) is 4.25. The Bertz CT molecular complexity index is 1370. The molecule has 1 fully saturated rings. The van der Waals surface area contributed by atoms with E-state index in [1.54, 1.807) is 53.6 Å². The van der Waals surface area contributed by atoms with Crippen molar-refractivity contribution in [1.29, 1.82) is 0 Å². The van der Waals surface area contributed by atoms with Gasteiger partial charge >= 0.3 is 12.3 Å².